The summed E-state index contributed by atoms with van der Waals surface area (Å²) in [5, 5.41) is 11.2. The predicted octanol–water partition coefficient (Wildman–Crippen LogP) is 5.07. The minimum atomic E-state index is -0.488. The molecule has 2 aromatic carbocycles. The lowest BCUT2D eigenvalue weighted by molar-refractivity contribution is 0.108. The first-order valence-electron chi connectivity index (χ1n) is 8.39. The maximum absolute atomic E-state index is 10.5. The molecule has 23 heavy (non-hydrogen) atoms. The van der Waals surface area contributed by atoms with Gasteiger partial charge in [0.1, 0.15) is 0 Å². The third-order valence-electron chi connectivity index (χ3n) is 4.01. The number of hydrogen-bond donors (Lipinski definition) is 1. The Morgan fingerprint density at radius 2 is 1.70 bits per heavy atom. The van der Waals surface area contributed by atoms with Gasteiger partial charge in [0.25, 0.3) is 0 Å². The quantitative estimate of drug-likeness (QED) is 0.649. The normalized spacial score (nSPS) is 12.5. The van der Waals surface area contributed by atoms with E-state index in [4.69, 9.17) is 11.6 Å². The molecule has 0 aliphatic heterocycles. The lowest BCUT2D eigenvalue weighted by Gasteiger charge is -2.25. The van der Waals surface area contributed by atoms with Gasteiger partial charge in [0.05, 0.1) is 6.10 Å². The van der Waals surface area contributed by atoms with E-state index >= 15 is 0 Å². The Bertz CT molecular complexity index is 556. The highest BCUT2D eigenvalue weighted by Crippen LogP contribution is 2.19. The fraction of sp³-hybridized carbons (Fsp3) is 0.400. The number of aliphatic hydroxyl groups is 1. The number of nitrogens with zero attached hydrogens (tertiary/aromatic N) is 1. The van der Waals surface area contributed by atoms with E-state index in [1.807, 2.05) is 30.3 Å². The molecule has 0 bridgehead atoms. The Labute approximate surface area is 144 Å². The van der Waals surface area contributed by atoms with Crippen LogP contribution in [0.4, 0.5) is 0 Å². The summed E-state index contributed by atoms with van der Waals surface area (Å²) in [6, 6.07) is 17.9. The molecule has 0 radical (unpaired) electrons. The van der Waals surface area contributed by atoms with Crippen LogP contribution in [0, 0.1) is 0 Å². The molecule has 0 aliphatic rings. The molecular formula is C20H26ClNO. The van der Waals surface area contributed by atoms with Crippen LogP contribution in [0.1, 0.15) is 43.4 Å². The standard InChI is InChI=1S/C20H26ClNO/c1-2-3-7-14-22(15-17-8-5-4-6-9-17)16-20(23)18-10-12-19(21)13-11-18/h4-6,8-13,20,23H,2-3,7,14-16H2,1H3/t20-/m0/s1. The van der Waals surface area contributed by atoms with Crippen molar-refractivity contribution < 1.29 is 5.11 Å². The highest BCUT2D eigenvalue weighted by atomic mass is 35.5. The van der Waals surface area contributed by atoms with Crippen molar-refractivity contribution in [3.05, 3.63) is 70.7 Å². The van der Waals surface area contributed by atoms with Crippen LogP contribution in [0.3, 0.4) is 0 Å². The van der Waals surface area contributed by atoms with Crippen LogP contribution in [0.2, 0.25) is 5.02 Å². The van der Waals surface area contributed by atoms with Crippen molar-refractivity contribution in [3.63, 3.8) is 0 Å². The molecule has 0 amide bonds. The average molecular weight is 332 g/mol. The van der Waals surface area contributed by atoms with Crippen LogP contribution < -0.4 is 0 Å². The van der Waals surface area contributed by atoms with E-state index in [0.717, 1.165) is 25.1 Å². The van der Waals surface area contributed by atoms with Gasteiger partial charge in [-0.2, -0.15) is 0 Å². The van der Waals surface area contributed by atoms with Gasteiger partial charge in [0.15, 0.2) is 0 Å². The Hall–Kier alpha value is -1.35. The Kier molecular flexibility index (Phi) is 7.60. The molecule has 2 rings (SSSR count). The van der Waals surface area contributed by atoms with Crippen LogP contribution >= 0.6 is 11.6 Å². The van der Waals surface area contributed by atoms with Gasteiger partial charge in [-0.15, -0.1) is 0 Å². The van der Waals surface area contributed by atoms with Crippen molar-refractivity contribution in [2.24, 2.45) is 0 Å². The second-order valence-electron chi connectivity index (χ2n) is 6.00. The highest BCUT2D eigenvalue weighted by Gasteiger charge is 2.14. The van der Waals surface area contributed by atoms with E-state index < -0.39 is 6.10 Å². The molecule has 0 saturated carbocycles. The molecular weight excluding hydrogens is 306 g/mol. The molecule has 0 spiro atoms. The van der Waals surface area contributed by atoms with Crippen LogP contribution in [-0.4, -0.2) is 23.1 Å². The topological polar surface area (TPSA) is 23.5 Å². The fourth-order valence-corrected chi connectivity index (χ4v) is 2.82. The molecule has 0 saturated heterocycles. The molecule has 1 atom stereocenters. The summed E-state index contributed by atoms with van der Waals surface area (Å²) in [6.07, 6.45) is 3.11. The van der Waals surface area contributed by atoms with E-state index in [2.05, 4.69) is 36.1 Å². The monoisotopic (exact) mass is 331 g/mol. The number of hydrogen-bond acceptors (Lipinski definition) is 2. The SMILES string of the molecule is CCCCCN(Cc1ccccc1)C[C@H](O)c1ccc(Cl)cc1. The third kappa shape index (κ3) is 6.34. The molecule has 0 fully saturated rings. The van der Waals surface area contributed by atoms with E-state index in [9.17, 15) is 5.11 Å². The lowest BCUT2D eigenvalue weighted by atomic mass is 10.1. The third-order valence-corrected chi connectivity index (χ3v) is 4.26. The number of aliphatic hydroxyl groups excluding tert-OH is 1. The van der Waals surface area contributed by atoms with Crippen LogP contribution in [-0.2, 0) is 6.54 Å². The molecule has 2 nitrogen and oxygen atoms in total. The van der Waals surface area contributed by atoms with Crippen molar-refractivity contribution in [2.75, 3.05) is 13.1 Å². The summed E-state index contributed by atoms with van der Waals surface area (Å²) in [5.41, 5.74) is 2.20. The minimum absolute atomic E-state index is 0.488. The Morgan fingerprint density at radius 3 is 2.35 bits per heavy atom. The molecule has 124 valence electrons. The Morgan fingerprint density at radius 1 is 1.00 bits per heavy atom. The van der Waals surface area contributed by atoms with Gasteiger partial charge in [-0.25, -0.2) is 0 Å². The van der Waals surface area contributed by atoms with Gasteiger partial charge in [0.2, 0.25) is 0 Å². The molecule has 3 heteroatoms. The van der Waals surface area contributed by atoms with E-state index in [-0.39, 0.29) is 0 Å². The van der Waals surface area contributed by atoms with Crippen LogP contribution in [0.5, 0.6) is 0 Å². The molecule has 0 unspecified atom stereocenters. The molecule has 0 aliphatic carbocycles. The van der Waals surface area contributed by atoms with Crippen molar-refractivity contribution in [3.8, 4) is 0 Å². The summed E-state index contributed by atoms with van der Waals surface area (Å²) in [6.45, 7) is 4.73. The van der Waals surface area contributed by atoms with Crippen molar-refractivity contribution >= 4 is 11.6 Å². The number of benzene rings is 2. The van der Waals surface area contributed by atoms with Gasteiger partial charge in [-0.1, -0.05) is 73.8 Å². The second kappa shape index (κ2) is 9.71. The average Bonchev–Trinajstić information content (AvgIpc) is 2.56. The summed E-state index contributed by atoms with van der Waals surface area (Å²) < 4.78 is 0. The predicted molar refractivity (Wildman–Crippen MR) is 97.7 cm³/mol. The summed E-state index contributed by atoms with van der Waals surface area (Å²) in [5.74, 6) is 0. The summed E-state index contributed by atoms with van der Waals surface area (Å²) in [4.78, 5) is 2.34. The van der Waals surface area contributed by atoms with E-state index in [1.54, 1.807) is 0 Å². The first-order valence-corrected chi connectivity index (χ1v) is 8.76. The largest absolute Gasteiger partial charge is 0.387 e. The maximum atomic E-state index is 10.5. The van der Waals surface area contributed by atoms with Crippen LogP contribution in [0.25, 0.3) is 0 Å². The first kappa shape index (κ1) is 18.0. The fourth-order valence-electron chi connectivity index (χ4n) is 2.70. The molecule has 1 N–H and O–H groups in total. The number of rotatable bonds is 9. The molecule has 0 aromatic heterocycles. The van der Waals surface area contributed by atoms with Gasteiger partial charge in [0, 0.05) is 18.1 Å². The zero-order valence-electron chi connectivity index (χ0n) is 13.8. The van der Waals surface area contributed by atoms with Crippen LogP contribution in [0.15, 0.2) is 54.6 Å². The van der Waals surface area contributed by atoms with Gasteiger partial charge in [-0.3, -0.25) is 4.90 Å². The van der Waals surface area contributed by atoms with Gasteiger partial charge < -0.3 is 5.11 Å². The molecule has 0 heterocycles. The first-order chi connectivity index (χ1) is 11.2. The lowest BCUT2D eigenvalue weighted by Crippen LogP contribution is -2.29. The van der Waals surface area contributed by atoms with Crippen molar-refractivity contribution in [1.82, 2.24) is 4.90 Å². The minimum Gasteiger partial charge on any atom is -0.387 e. The Balaban J connectivity index is 1.99. The summed E-state index contributed by atoms with van der Waals surface area (Å²) in [7, 11) is 0. The zero-order valence-corrected chi connectivity index (χ0v) is 14.5. The van der Waals surface area contributed by atoms with E-state index in [1.165, 1.54) is 18.4 Å². The van der Waals surface area contributed by atoms with E-state index in [0.29, 0.717) is 11.6 Å². The summed E-state index contributed by atoms with van der Waals surface area (Å²) >= 11 is 5.92. The van der Waals surface area contributed by atoms with Crippen molar-refractivity contribution in [2.45, 2.75) is 38.8 Å². The number of halogens is 1. The highest BCUT2D eigenvalue weighted by molar-refractivity contribution is 6.30. The second-order valence-corrected chi connectivity index (χ2v) is 6.43. The van der Waals surface area contributed by atoms with Gasteiger partial charge >= 0.3 is 0 Å². The maximum Gasteiger partial charge on any atom is 0.0917 e. The molecule has 2 aromatic rings. The van der Waals surface area contributed by atoms with Gasteiger partial charge in [-0.05, 0) is 36.2 Å². The zero-order chi connectivity index (χ0) is 16.5. The number of unbranched alkanes of at least 4 members (excludes halogenated alkanes) is 2. The van der Waals surface area contributed by atoms with Crippen molar-refractivity contribution in [1.29, 1.82) is 0 Å². The smallest absolute Gasteiger partial charge is 0.0917 e.